The van der Waals surface area contributed by atoms with Gasteiger partial charge in [-0.25, -0.2) is 0 Å². The van der Waals surface area contributed by atoms with Gasteiger partial charge in [-0.3, -0.25) is 14.4 Å². The van der Waals surface area contributed by atoms with Gasteiger partial charge in [0.25, 0.3) is 0 Å². The zero-order valence-electron chi connectivity index (χ0n) is 42.5. The fraction of sp³-hybridized carbons (Fsp3) is 0.946. The normalized spacial score (nSPS) is 12.5. The Morgan fingerprint density at radius 3 is 0.919 bits per heavy atom. The summed E-state index contributed by atoms with van der Waals surface area (Å²) in [4.78, 5) is 38.0. The van der Waals surface area contributed by atoms with Crippen LogP contribution in [0.2, 0.25) is 0 Å². The molecule has 0 N–H and O–H groups in total. The number of carbonyl (C=O) groups is 3. The standard InChI is InChI=1S/C56H108O6/c1-6-8-9-10-11-12-13-14-15-16-21-24-27-32-38-43-48-56(59)62-53(50-61-55(58)47-42-37-33-28-29-34-39-44-51(3)4)49-60-54(57)46-41-36-31-26-23-20-18-17-19-22-25-30-35-40-45-52(5)7-2/h51-53H,6-50H2,1-5H3/t52?,53-/m1/s1. The molecule has 0 aliphatic carbocycles. The Morgan fingerprint density at radius 2 is 0.613 bits per heavy atom. The van der Waals surface area contributed by atoms with Crippen LogP contribution in [0.1, 0.15) is 311 Å². The first-order valence-electron chi connectivity index (χ1n) is 27.8. The Balaban J connectivity index is 4.26. The predicted molar refractivity (Wildman–Crippen MR) is 266 cm³/mol. The molecule has 1 unspecified atom stereocenters. The molecule has 6 heteroatoms. The second-order valence-electron chi connectivity index (χ2n) is 19.9. The van der Waals surface area contributed by atoms with Crippen LogP contribution in [0.15, 0.2) is 0 Å². The molecule has 0 aromatic rings. The lowest BCUT2D eigenvalue weighted by Crippen LogP contribution is -2.30. The molecule has 0 aromatic carbocycles. The molecule has 0 aliphatic heterocycles. The highest BCUT2D eigenvalue weighted by atomic mass is 16.6. The third kappa shape index (κ3) is 47.9. The molecule has 62 heavy (non-hydrogen) atoms. The monoisotopic (exact) mass is 877 g/mol. The van der Waals surface area contributed by atoms with Crippen LogP contribution in [0.3, 0.4) is 0 Å². The molecule has 0 fully saturated rings. The minimum Gasteiger partial charge on any atom is -0.462 e. The molecule has 0 radical (unpaired) electrons. The van der Waals surface area contributed by atoms with E-state index in [4.69, 9.17) is 14.2 Å². The Morgan fingerprint density at radius 1 is 0.339 bits per heavy atom. The van der Waals surface area contributed by atoms with Crippen molar-refractivity contribution in [2.45, 2.75) is 317 Å². The molecule has 0 aliphatic rings. The maximum atomic E-state index is 12.8. The number of hydrogen-bond acceptors (Lipinski definition) is 6. The van der Waals surface area contributed by atoms with Gasteiger partial charge in [-0.1, -0.05) is 272 Å². The Hall–Kier alpha value is -1.59. The molecule has 6 nitrogen and oxygen atoms in total. The van der Waals surface area contributed by atoms with Crippen molar-refractivity contribution in [3.05, 3.63) is 0 Å². The largest absolute Gasteiger partial charge is 0.462 e. The molecule has 0 amide bonds. The van der Waals surface area contributed by atoms with E-state index in [1.807, 2.05) is 0 Å². The second kappa shape index (κ2) is 48.9. The number of esters is 3. The van der Waals surface area contributed by atoms with Crippen molar-refractivity contribution in [1.82, 2.24) is 0 Å². The van der Waals surface area contributed by atoms with Gasteiger partial charge in [-0.05, 0) is 31.1 Å². The van der Waals surface area contributed by atoms with Crippen LogP contribution in [-0.4, -0.2) is 37.2 Å². The van der Waals surface area contributed by atoms with Crippen LogP contribution in [-0.2, 0) is 28.6 Å². The Kier molecular flexibility index (Phi) is 47.6. The molecule has 0 heterocycles. The lowest BCUT2D eigenvalue weighted by atomic mass is 9.99. The minimum atomic E-state index is -0.762. The average molecular weight is 877 g/mol. The maximum absolute atomic E-state index is 12.8. The molecule has 368 valence electrons. The second-order valence-corrected chi connectivity index (χ2v) is 19.9. The van der Waals surface area contributed by atoms with Crippen LogP contribution in [0.5, 0.6) is 0 Å². The predicted octanol–water partition coefficient (Wildman–Crippen LogP) is 18.1. The van der Waals surface area contributed by atoms with E-state index in [1.165, 1.54) is 199 Å². The van der Waals surface area contributed by atoms with Crippen LogP contribution in [0.4, 0.5) is 0 Å². The number of hydrogen-bond donors (Lipinski definition) is 0. The van der Waals surface area contributed by atoms with Gasteiger partial charge in [0, 0.05) is 19.3 Å². The van der Waals surface area contributed by atoms with Gasteiger partial charge < -0.3 is 14.2 Å². The van der Waals surface area contributed by atoms with E-state index in [-0.39, 0.29) is 31.1 Å². The quantitative estimate of drug-likeness (QED) is 0.0344. The number of carbonyl (C=O) groups excluding carboxylic acids is 3. The Labute approximate surface area is 387 Å². The molecule has 0 spiro atoms. The fourth-order valence-corrected chi connectivity index (χ4v) is 8.49. The number of unbranched alkanes of at least 4 members (excludes halogenated alkanes) is 34. The van der Waals surface area contributed by atoms with Crippen LogP contribution in [0, 0.1) is 11.8 Å². The highest BCUT2D eigenvalue weighted by molar-refractivity contribution is 5.71. The molecule has 0 aromatic heterocycles. The van der Waals surface area contributed by atoms with Gasteiger partial charge in [0.15, 0.2) is 6.10 Å². The number of rotatable bonds is 50. The molecular formula is C56H108O6. The topological polar surface area (TPSA) is 78.9 Å². The number of ether oxygens (including phenoxy) is 3. The van der Waals surface area contributed by atoms with Crippen molar-refractivity contribution >= 4 is 17.9 Å². The fourth-order valence-electron chi connectivity index (χ4n) is 8.49. The van der Waals surface area contributed by atoms with Crippen LogP contribution < -0.4 is 0 Å². The molecule has 0 bridgehead atoms. The van der Waals surface area contributed by atoms with Crippen LogP contribution in [0.25, 0.3) is 0 Å². The van der Waals surface area contributed by atoms with Crippen molar-refractivity contribution in [3.63, 3.8) is 0 Å². The van der Waals surface area contributed by atoms with Crippen molar-refractivity contribution in [3.8, 4) is 0 Å². The van der Waals surface area contributed by atoms with E-state index in [9.17, 15) is 14.4 Å². The maximum Gasteiger partial charge on any atom is 0.306 e. The molecule has 0 saturated heterocycles. The zero-order valence-corrected chi connectivity index (χ0v) is 42.5. The average Bonchev–Trinajstić information content (AvgIpc) is 3.26. The van der Waals surface area contributed by atoms with Gasteiger partial charge in [0.2, 0.25) is 0 Å². The van der Waals surface area contributed by atoms with E-state index in [2.05, 4.69) is 34.6 Å². The van der Waals surface area contributed by atoms with Crippen molar-refractivity contribution in [1.29, 1.82) is 0 Å². The van der Waals surface area contributed by atoms with Gasteiger partial charge in [0.1, 0.15) is 13.2 Å². The lowest BCUT2D eigenvalue weighted by Gasteiger charge is -2.18. The van der Waals surface area contributed by atoms with E-state index in [0.717, 1.165) is 69.6 Å². The van der Waals surface area contributed by atoms with Crippen molar-refractivity contribution in [2.24, 2.45) is 11.8 Å². The summed E-state index contributed by atoms with van der Waals surface area (Å²) in [7, 11) is 0. The SMILES string of the molecule is CCCCCCCCCCCCCCCCCCC(=O)O[C@H](COC(=O)CCCCCCCCCCCCCCCCC(C)CC)COC(=O)CCCCCCCCCC(C)C. The summed E-state index contributed by atoms with van der Waals surface area (Å²) in [5, 5.41) is 0. The van der Waals surface area contributed by atoms with Gasteiger partial charge in [0.05, 0.1) is 0 Å². The molecular weight excluding hydrogens is 769 g/mol. The van der Waals surface area contributed by atoms with E-state index < -0.39 is 6.10 Å². The Bertz CT molecular complexity index is 949. The summed E-state index contributed by atoms with van der Waals surface area (Å²) in [5.41, 5.74) is 0. The van der Waals surface area contributed by atoms with Gasteiger partial charge in [-0.2, -0.15) is 0 Å². The molecule has 0 saturated carbocycles. The van der Waals surface area contributed by atoms with E-state index in [0.29, 0.717) is 19.3 Å². The van der Waals surface area contributed by atoms with Crippen LogP contribution >= 0.6 is 0 Å². The summed E-state index contributed by atoms with van der Waals surface area (Å²) in [6.07, 6.45) is 50.9. The zero-order chi connectivity index (χ0) is 45.4. The third-order valence-corrected chi connectivity index (χ3v) is 13.1. The lowest BCUT2D eigenvalue weighted by molar-refractivity contribution is -0.167. The van der Waals surface area contributed by atoms with E-state index in [1.54, 1.807) is 0 Å². The highest BCUT2D eigenvalue weighted by Crippen LogP contribution is 2.18. The summed E-state index contributed by atoms with van der Waals surface area (Å²) in [6.45, 7) is 11.4. The van der Waals surface area contributed by atoms with Crippen molar-refractivity contribution < 1.29 is 28.6 Å². The first kappa shape index (κ1) is 60.4. The summed E-state index contributed by atoms with van der Waals surface area (Å²) in [5.74, 6) is 0.831. The highest BCUT2D eigenvalue weighted by Gasteiger charge is 2.19. The smallest absolute Gasteiger partial charge is 0.306 e. The first-order chi connectivity index (χ1) is 30.3. The van der Waals surface area contributed by atoms with Crippen molar-refractivity contribution in [2.75, 3.05) is 13.2 Å². The van der Waals surface area contributed by atoms with E-state index >= 15 is 0 Å². The molecule has 2 atom stereocenters. The summed E-state index contributed by atoms with van der Waals surface area (Å²) < 4.78 is 16.8. The van der Waals surface area contributed by atoms with Gasteiger partial charge >= 0.3 is 17.9 Å². The molecule has 0 rings (SSSR count). The third-order valence-electron chi connectivity index (χ3n) is 13.1. The van der Waals surface area contributed by atoms with Gasteiger partial charge in [-0.15, -0.1) is 0 Å². The summed E-state index contributed by atoms with van der Waals surface area (Å²) >= 11 is 0. The minimum absolute atomic E-state index is 0.0636. The first-order valence-corrected chi connectivity index (χ1v) is 27.8. The summed E-state index contributed by atoms with van der Waals surface area (Å²) in [6, 6.07) is 0.